The molecule has 1 aromatic rings. The van der Waals surface area contributed by atoms with Gasteiger partial charge in [0.05, 0.1) is 13.2 Å². The second-order valence-corrected chi connectivity index (χ2v) is 5.17. The van der Waals surface area contributed by atoms with E-state index in [1.54, 1.807) is 26.0 Å². The Morgan fingerprint density at radius 1 is 1.26 bits per heavy atom. The third kappa shape index (κ3) is 8.47. The number of hydrogen-bond donors (Lipinski definition) is 0. The van der Waals surface area contributed by atoms with E-state index in [0.29, 0.717) is 6.42 Å². The number of esters is 1. The van der Waals surface area contributed by atoms with E-state index in [9.17, 15) is 9.59 Å². The average Bonchev–Trinajstić information content (AvgIpc) is 2.61. The van der Waals surface area contributed by atoms with Gasteiger partial charge in [0, 0.05) is 13.7 Å². The van der Waals surface area contributed by atoms with E-state index in [4.69, 9.17) is 4.74 Å². The first-order chi connectivity index (χ1) is 11.0. The summed E-state index contributed by atoms with van der Waals surface area (Å²) in [5.74, 6) is -0.325. The molecule has 1 rings (SSSR count). The number of likely N-dealkylation sites (N-methyl/N-ethyl adjacent to an activating group) is 1. The number of nitrogens with zero attached hydrogens (tertiary/aromatic N) is 1. The molecule has 0 heterocycles. The number of methoxy groups -OCH3 is 2. The first-order valence-electron chi connectivity index (χ1n) is 7.79. The lowest BCUT2D eigenvalue weighted by Gasteiger charge is -2.27. The van der Waals surface area contributed by atoms with Crippen LogP contribution in [0.15, 0.2) is 30.3 Å². The number of rotatable bonds is 8. The lowest BCUT2D eigenvalue weighted by Crippen LogP contribution is -2.44. The summed E-state index contributed by atoms with van der Waals surface area (Å²) in [6.07, 6.45) is 2.39. The standard InChI is InChI=1S/C15H21NO3.C3H8O/c1-12(15(18)19-3)16(2)14(11-17)10-9-13-7-5-4-6-8-13;1-3-4-2/h4-8,11-12,14H,9-10H2,1-3H3;3H2,1-2H3. The molecule has 0 bridgehead atoms. The van der Waals surface area contributed by atoms with Crippen LogP contribution in [0, 0.1) is 0 Å². The van der Waals surface area contributed by atoms with Crippen LogP contribution in [0.25, 0.3) is 0 Å². The number of carbonyl (C=O) groups excluding carboxylic acids is 2. The zero-order chi connectivity index (χ0) is 17.7. The van der Waals surface area contributed by atoms with Gasteiger partial charge in [0.15, 0.2) is 0 Å². The SMILES string of the molecule is CCOC.COC(=O)C(C)N(C)C(C=O)CCc1ccccc1. The highest BCUT2D eigenvalue weighted by Crippen LogP contribution is 2.10. The molecule has 0 aliphatic heterocycles. The van der Waals surface area contributed by atoms with Gasteiger partial charge in [-0.05, 0) is 39.3 Å². The number of carbonyl (C=O) groups is 2. The van der Waals surface area contributed by atoms with Crippen molar-refractivity contribution >= 4 is 12.3 Å². The van der Waals surface area contributed by atoms with Crippen LogP contribution in [-0.2, 0) is 25.5 Å². The molecular formula is C18H29NO4. The molecule has 0 aliphatic rings. The van der Waals surface area contributed by atoms with Crippen molar-refractivity contribution in [3.05, 3.63) is 35.9 Å². The lowest BCUT2D eigenvalue weighted by molar-refractivity contribution is -0.146. The Labute approximate surface area is 139 Å². The molecule has 0 saturated heterocycles. The van der Waals surface area contributed by atoms with Crippen molar-refractivity contribution in [1.82, 2.24) is 4.90 Å². The van der Waals surface area contributed by atoms with Crippen molar-refractivity contribution in [2.75, 3.05) is 27.9 Å². The number of aryl methyl sites for hydroxylation is 1. The topological polar surface area (TPSA) is 55.8 Å². The zero-order valence-electron chi connectivity index (χ0n) is 14.8. The van der Waals surface area contributed by atoms with Crippen LogP contribution in [0.3, 0.4) is 0 Å². The summed E-state index contributed by atoms with van der Waals surface area (Å²) in [4.78, 5) is 24.4. The maximum atomic E-state index is 11.5. The minimum Gasteiger partial charge on any atom is -0.468 e. The quantitative estimate of drug-likeness (QED) is 0.543. The molecule has 2 atom stereocenters. The van der Waals surface area contributed by atoms with Gasteiger partial charge in [-0.3, -0.25) is 9.69 Å². The van der Waals surface area contributed by atoms with E-state index >= 15 is 0 Å². The molecular weight excluding hydrogens is 294 g/mol. The molecule has 130 valence electrons. The van der Waals surface area contributed by atoms with Gasteiger partial charge in [-0.1, -0.05) is 30.3 Å². The van der Waals surface area contributed by atoms with Gasteiger partial charge in [0.25, 0.3) is 0 Å². The Hall–Kier alpha value is -1.72. The van der Waals surface area contributed by atoms with E-state index in [1.165, 1.54) is 12.7 Å². The first kappa shape index (κ1) is 21.3. The fourth-order valence-corrected chi connectivity index (χ4v) is 1.95. The molecule has 0 spiro atoms. The second kappa shape index (κ2) is 12.8. The van der Waals surface area contributed by atoms with Crippen LogP contribution >= 0.6 is 0 Å². The third-order valence-corrected chi connectivity index (χ3v) is 3.69. The number of benzene rings is 1. The van der Waals surface area contributed by atoms with E-state index in [2.05, 4.69) is 4.74 Å². The summed E-state index contributed by atoms with van der Waals surface area (Å²) in [6, 6.07) is 9.28. The Morgan fingerprint density at radius 2 is 1.83 bits per heavy atom. The molecule has 0 amide bonds. The zero-order valence-corrected chi connectivity index (χ0v) is 14.8. The molecule has 23 heavy (non-hydrogen) atoms. The van der Waals surface area contributed by atoms with Gasteiger partial charge in [0.1, 0.15) is 12.3 Å². The number of aldehydes is 1. The van der Waals surface area contributed by atoms with E-state index in [0.717, 1.165) is 19.3 Å². The molecule has 5 nitrogen and oxygen atoms in total. The third-order valence-electron chi connectivity index (χ3n) is 3.69. The summed E-state index contributed by atoms with van der Waals surface area (Å²) in [5, 5.41) is 0. The fourth-order valence-electron chi connectivity index (χ4n) is 1.95. The fraction of sp³-hybridized carbons (Fsp3) is 0.556. The predicted molar refractivity (Wildman–Crippen MR) is 91.4 cm³/mol. The minimum atomic E-state index is -0.420. The summed E-state index contributed by atoms with van der Waals surface area (Å²) in [5.41, 5.74) is 1.19. The number of ether oxygens (including phenoxy) is 2. The van der Waals surface area contributed by atoms with Crippen molar-refractivity contribution in [3.63, 3.8) is 0 Å². The molecule has 0 N–H and O–H groups in total. The van der Waals surface area contributed by atoms with Gasteiger partial charge >= 0.3 is 5.97 Å². The minimum absolute atomic E-state index is 0.283. The van der Waals surface area contributed by atoms with Gasteiger partial charge < -0.3 is 14.3 Å². The van der Waals surface area contributed by atoms with Crippen LogP contribution in [-0.4, -0.2) is 57.1 Å². The lowest BCUT2D eigenvalue weighted by atomic mass is 10.0. The first-order valence-corrected chi connectivity index (χ1v) is 7.79. The van der Waals surface area contributed by atoms with Gasteiger partial charge in [-0.15, -0.1) is 0 Å². The molecule has 5 heteroatoms. The predicted octanol–water partition coefficient (Wildman–Crippen LogP) is 2.33. The van der Waals surface area contributed by atoms with Crippen molar-refractivity contribution < 1.29 is 19.1 Å². The molecule has 0 radical (unpaired) electrons. The summed E-state index contributed by atoms with van der Waals surface area (Å²) in [6.45, 7) is 4.52. The van der Waals surface area contributed by atoms with Gasteiger partial charge in [-0.25, -0.2) is 0 Å². The Balaban J connectivity index is 0.00000108. The molecule has 0 aromatic heterocycles. The molecule has 1 aromatic carbocycles. The van der Waals surface area contributed by atoms with Crippen molar-refractivity contribution in [1.29, 1.82) is 0 Å². The van der Waals surface area contributed by atoms with Crippen LogP contribution in [0.2, 0.25) is 0 Å². The van der Waals surface area contributed by atoms with Crippen LogP contribution in [0.4, 0.5) is 0 Å². The van der Waals surface area contributed by atoms with Crippen molar-refractivity contribution in [2.24, 2.45) is 0 Å². The Morgan fingerprint density at radius 3 is 2.26 bits per heavy atom. The average molecular weight is 323 g/mol. The molecule has 0 fully saturated rings. The highest BCUT2D eigenvalue weighted by atomic mass is 16.5. The van der Waals surface area contributed by atoms with Crippen molar-refractivity contribution in [2.45, 2.75) is 38.8 Å². The molecule has 0 aliphatic carbocycles. The Kier molecular flexibility index (Phi) is 11.8. The van der Waals surface area contributed by atoms with Crippen LogP contribution < -0.4 is 0 Å². The Bertz CT molecular complexity index is 434. The highest BCUT2D eigenvalue weighted by Gasteiger charge is 2.24. The second-order valence-electron chi connectivity index (χ2n) is 5.17. The van der Waals surface area contributed by atoms with E-state index < -0.39 is 6.04 Å². The van der Waals surface area contributed by atoms with E-state index in [1.807, 2.05) is 37.3 Å². The summed E-state index contributed by atoms with van der Waals surface area (Å²) >= 11 is 0. The maximum absolute atomic E-state index is 11.5. The van der Waals surface area contributed by atoms with Crippen molar-refractivity contribution in [3.8, 4) is 0 Å². The number of hydrogen-bond acceptors (Lipinski definition) is 5. The largest absolute Gasteiger partial charge is 0.468 e. The molecule has 0 saturated carbocycles. The maximum Gasteiger partial charge on any atom is 0.322 e. The normalized spacial score (nSPS) is 12.8. The summed E-state index contributed by atoms with van der Waals surface area (Å²) in [7, 11) is 4.80. The molecule has 2 unspecified atom stereocenters. The monoisotopic (exact) mass is 323 g/mol. The van der Waals surface area contributed by atoms with Crippen LogP contribution in [0.5, 0.6) is 0 Å². The smallest absolute Gasteiger partial charge is 0.322 e. The van der Waals surface area contributed by atoms with Gasteiger partial charge in [-0.2, -0.15) is 0 Å². The van der Waals surface area contributed by atoms with E-state index in [-0.39, 0.29) is 12.0 Å². The summed E-state index contributed by atoms with van der Waals surface area (Å²) < 4.78 is 9.24. The van der Waals surface area contributed by atoms with Crippen LogP contribution in [0.1, 0.15) is 25.8 Å². The highest BCUT2D eigenvalue weighted by molar-refractivity contribution is 5.75. The van der Waals surface area contributed by atoms with Gasteiger partial charge in [0.2, 0.25) is 0 Å².